The Kier molecular flexibility index (Phi) is 40.7. The van der Waals surface area contributed by atoms with Crippen molar-refractivity contribution in [2.75, 3.05) is 19.8 Å². The van der Waals surface area contributed by atoms with Gasteiger partial charge in [0.05, 0.1) is 32.0 Å². The van der Waals surface area contributed by atoms with Crippen LogP contribution in [0.2, 0.25) is 0 Å². The maximum Gasteiger partial charge on any atom is 0.305 e. The predicted octanol–water partition coefficient (Wildman–Crippen LogP) is 10.8. The summed E-state index contributed by atoms with van der Waals surface area (Å²) in [4.78, 5) is 25.0. The minimum absolute atomic E-state index is 0.0584. The fourth-order valence-electron chi connectivity index (χ4n) is 7.94. The van der Waals surface area contributed by atoms with Gasteiger partial charge < -0.3 is 45.1 Å². The van der Waals surface area contributed by atoms with Gasteiger partial charge >= 0.3 is 5.97 Å². The standard InChI is InChI=1S/C53H97NO10/c1-3-5-7-9-11-13-15-16-20-23-27-31-35-39-46(56)45(44-63-53-52(61)51(60)50(59)47(43-55)64-53)54-48(57)40-36-32-28-24-21-17-18-22-26-30-34-38-42-62-49(58)41-37-33-29-25-19-14-12-10-8-6-4-2/h10,12,18,22,35,39,45-47,50-53,55-56,59-61H,3-9,11,13-17,19-21,23-34,36-38,40-44H2,1-2H3,(H,54,57)/b12-10-,22-18-,39-35+. The van der Waals surface area contributed by atoms with E-state index >= 15 is 0 Å². The normalized spacial score (nSPS) is 20.1. The molecule has 7 unspecified atom stereocenters. The van der Waals surface area contributed by atoms with Gasteiger partial charge in [0, 0.05) is 12.8 Å². The van der Waals surface area contributed by atoms with Gasteiger partial charge in [0.2, 0.25) is 5.91 Å². The van der Waals surface area contributed by atoms with Crippen molar-refractivity contribution >= 4 is 11.9 Å². The van der Waals surface area contributed by atoms with Crippen molar-refractivity contribution < 1.29 is 49.3 Å². The number of carbonyl (C=O) groups is 2. The average Bonchev–Trinajstić information content (AvgIpc) is 3.29. The highest BCUT2D eigenvalue weighted by atomic mass is 16.7. The molecule has 7 atom stereocenters. The van der Waals surface area contributed by atoms with Gasteiger partial charge in [-0.2, -0.15) is 0 Å². The number of aliphatic hydroxyl groups is 5. The zero-order chi connectivity index (χ0) is 46.7. The molecule has 0 aromatic carbocycles. The number of hydrogen-bond acceptors (Lipinski definition) is 10. The lowest BCUT2D eigenvalue weighted by molar-refractivity contribution is -0.302. The molecule has 1 aliphatic rings. The summed E-state index contributed by atoms with van der Waals surface area (Å²) in [5.74, 6) is -0.267. The van der Waals surface area contributed by atoms with Crippen LogP contribution in [0.1, 0.15) is 226 Å². The Morgan fingerprint density at radius 1 is 0.562 bits per heavy atom. The third-order valence-corrected chi connectivity index (χ3v) is 12.2. The van der Waals surface area contributed by atoms with Gasteiger partial charge in [-0.05, 0) is 83.5 Å². The Morgan fingerprint density at radius 2 is 1.02 bits per heavy atom. The molecule has 1 heterocycles. The van der Waals surface area contributed by atoms with E-state index < -0.39 is 49.5 Å². The van der Waals surface area contributed by atoms with Gasteiger partial charge in [-0.3, -0.25) is 9.59 Å². The molecule has 6 N–H and O–H groups in total. The van der Waals surface area contributed by atoms with Crippen LogP contribution in [0.25, 0.3) is 0 Å². The second-order valence-corrected chi connectivity index (χ2v) is 18.2. The van der Waals surface area contributed by atoms with Crippen molar-refractivity contribution in [1.82, 2.24) is 5.32 Å². The molecule has 0 bridgehead atoms. The van der Waals surface area contributed by atoms with Gasteiger partial charge in [0.25, 0.3) is 0 Å². The highest BCUT2D eigenvalue weighted by Gasteiger charge is 2.44. The molecule has 64 heavy (non-hydrogen) atoms. The molecule has 0 aromatic rings. The molecule has 374 valence electrons. The largest absolute Gasteiger partial charge is 0.466 e. The number of amides is 1. The minimum atomic E-state index is -1.58. The van der Waals surface area contributed by atoms with Crippen molar-refractivity contribution in [1.29, 1.82) is 0 Å². The maximum absolute atomic E-state index is 13.0. The molecule has 0 aromatic heterocycles. The molecule has 1 aliphatic heterocycles. The monoisotopic (exact) mass is 908 g/mol. The predicted molar refractivity (Wildman–Crippen MR) is 260 cm³/mol. The summed E-state index contributed by atoms with van der Waals surface area (Å²) in [5, 5.41) is 54.2. The van der Waals surface area contributed by atoms with Crippen molar-refractivity contribution in [3.63, 3.8) is 0 Å². The van der Waals surface area contributed by atoms with Crippen LogP contribution in [0, 0.1) is 0 Å². The summed E-state index contributed by atoms with van der Waals surface area (Å²) >= 11 is 0. The second-order valence-electron chi connectivity index (χ2n) is 18.2. The topological polar surface area (TPSA) is 175 Å². The van der Waals surface area contributed by atoms with Gasteiger partial charge in [0.1, 0.15) is 24.4 Å². The first kappa shape index (κ1) is 59.9. The highest BCUT2D eigenvalue weighted by Crippen LogP contribution is 2.23. The van der Waals surface area contributed by atoms with Crippen LogP contribution < -0.4 is 5.32 Å². The number of esters is 1. The Labute approximate surface area is 390 Å². The molecular weight excluding hydrogens is 811 g/mol. The van der Waals surface area contributed by atoms with Gasteiger partial charge in [-0.1, -0.05) is 166 Å². The number of rotatable bonds is 44. The molecule has 0 saturated carbocycles. The third-order valence-electron chi connectivity index (χ3n) is 12.2. The quantitative estimate of drug-likeness (QED) is 0.0196. The molecule has 1 fully saturated rings. The number of aliphatic hydroxyl groups excluding tert-OH is 5. The molecule has 0 spiro atoms. The summed E-state index contributed by atoms with van der Waals surface area (Å²) < 4.78 is 16.6. The Balaban J connectivity index is 2.23. The van der Waals surface area contributed by atoms with Crippen LogP contribution >= 0.6 is 0 Å². The molecule has 0 aliphatic carbocycles. The van der Waals surface area contributed by atoms with Crippen LogP contribution in [0.3, 0.4) is 0 Å². The van der Waals surface area contributed by atoms with Crippen molar-refractivity contribution in [3.05, 3.63) is 36.5 Å². The smallest absolute Gasteiger partial charge is 0.305 e. The van der Waals surface area contributed by atoms with E-state index in [1.165, 1.54) is 103 Å². The van der Waals surface area contributed by atoms with E-state index in [1.54, 1.807) is 6.08 Å². The zero-order valence-corrected chi connectivity index (χ0v) is 40.7. The van der Waals surface area contributed by atoms with Crippen molar-refractivity contribution in [2.45, 2.75) is 269 Å². The molecule has 0 radical (unpaired) electrons. The van der Waals surface area contributed by atoms with E-state index in [0.717, 1.165) is 96.3 Å². The van der Waals surface area contributed by atoms with Crippen LogP contribution in [-0.4, -0.2) is 100 Å². The van der Waals surface area contributed by atoms with E-state index in [9.17, 15) is 35.1 Å². The number of ether oxygens (including phenoxy) is 3. The molecule has 1 amide bonds. The van der Waals surface area contributed by atoms with E-state index in [1.807, 2.05) is 6.08 Å². The Hall–Kier alpha value is -2.12. The van der Waals surface area contributed by atoms with Crippen molar-refractivity contribution in [3.8, 4) is 0 Å². The van der Waals surface area contributed by atoms with Gasteiger partial charge in [0.15, 0.2) is 6.29 Å². The Morgan fingerprint density at radius 3 is 1.55 bits per heavy atom. The minimum Gasteiger partial charge on any atom is -0.466 e. The third kappa shape index (κ3) is 33.4. The number of unbranched alkanes of at least 4 members (excludes halogenated alkanes) is 26. The fraction of sp³-hybridized carbons (Fsp3) is 0.849. The molecule has 11 heteroatoms. The second kappa shape index (κ2) is 43.5. The zero-order valence-electron chi connectivity index (χ0n) is 40.7. The first-order valence-electron chi connectivity index (χ1n) is 26.3. The summed E-state index contributed by atoms with van der Waals surface area (Å²) in [6.07, 6.45) is 40.7. The maximum atomic E-state index is 13.0. The first-order valence-corrected chi connectivity index (χ1v) is 26.3. The van der Waals surface area contributed by atoms with E-state index in [2.05, 4.69) is 43.5 Å². The summed E-state index contributed by atoms with van der Waals surface area (Å²) in [6, 6.07) is -0.828. The number of nitrogens with one attached hydrogen (secondary N) is 1. The van der Waals surface area contributed by atoms with Gasteiger partial charge in [-0.25, -0.2) is 0 Å². The lowest BCUT2D eigenvalue weighted by atomic mass is 9.99. The van der Waals surface area contributed by atoms with Gasteiger partial charge in [-0.15, -0.1) is 0 Å². The summed E-state index contributed by atoms with van der Waals surface area (Å²) in [6.45, 7) is 4.20. The fourth-order valence-corrected chi connectivity index (χ4v) is 7.94. The Bertz CT molecular complexity index is 1160. The summed E-state index contributed by atoms with van der Waals surface area (Å²) in [7, 11) is 0. The van der Waals surface area contributed by atoms with Crippen LogP contribution in [0.15, 0.2) is 36.5 Å². The van der Waals surface area contributed by atoms with Crippen LogP contribution in [0.4, 0.5) is 0 Å². The lowest BCUT2D eigenvalue weighted by Gasteiger charge is -2.40. The SMILES string of the molecule is CCCC/C=C\CCCCCCCC(=O)OCCCCC/C=C\CCCCCCCC(=O)NC(COC1OC(CO)C(O)C(O)C1O)C(O)/C=C/CCCCCCCCCCCCC. The van der Waals surface area contributed by atoms with Crippen LogP contribution in [0.5, 0.6) is 0 Å². The van der Waals surface area contributed by atoms with E-state index in [0.29, 0.717) is 19.4 Å². The molecule has 1 saturated heterocycles. The van der Waals surface area contributed by atoms with Crippen LogP contribution in [-0.2, 0) is 23.8 Å². The van der Waals surface area contributed by atoms with E-state index in [4.69, 9.17) is 14.2 Å². The number of carbonyl (C=O) groups excluding carboxylic acids is 2. The average molecular weight is 908 g/mol. The molecule has 1 rings (SSSR count). The summed E-state index contributed by atoms with van der Waals surface area (Å²) in [5.41, 5.74) is 0. The first-order chi connectivity index (χ1) is 31.2. The molecular formula is C53H97NO10. The number of allylic oxidation sites excluding steroid dienone is 5. The number of hydrogen-bond donors (Lipinski definition) is 6. The molecule has 11 nitrogen and oxygen atoms in total. The highest BCUT2D eigenvalue weighted by molar-refractivity contribution is 5.76. The van der Waals surface area contributed by atoms with E-state index in [-0.39, 0.29) is 18.5 Å². The van der Waals surface area contributed by atoms with Crippen molar-refractivity contribution in [2.24, 2.45) is 0 Å². The lowest BCUT2D eigenvalue weighted by Crippen LogP contribution is -2.60.